The molecule has 1 amide bonds. The molecule has 0 N–H and O–H groups in total. The van der Waals surface area contributed by atoms with Gasteiger partial charge >= 0.3 is 0 Å². The van der Waals surface area contributed by atoms with Gasteiger partial charge in [-0.2, -0.15) is 10.4 Å². The normalized spacial score (nSPS) is 15.1. The summed E-state index contributed by atoms with van der Waals surface area (Å²) in [5.41, 5.74) is 2.43. The minimum absolute atomic E-state index is 0.0543. The lowest BCUT2D eigenvalue weighted by molar-refractivity contribution is -0.117. The van der Waals surface area contributed by atoms with Gasteiger partial charge in [0.25, 0.3) is 0 Å². The van der Waals surface area contributed by atoms with Gasteiger partial charge in [-0.05, 0) is 24.3 Å². The Bertz CT molecular complexity index is 698. The van der Waals surface area contributed by atoms with Gasteiger partial charge in [0.15, 0.2) is 0 Å². The lowest BCUT2D eigenvalue weighted by atomic mass is 10.2. The highest BCUT2D eigenvalue weighted by atomic mass is 16.2. The Labute approximate surface area is 122 Å². The van der Waals surface area contributed by atoms with Crippen LogP contribution in [0.15, 0.2) is 36.7 Å². The quantitative estimate of drug-likeness (QED) is 0.828. The molecule has 0 radical (unpaired) electrons. The van der Waals surface area contributed by atoms with Crippen LogP contribution in [0.2, 0.25) is 0 Å². The molecule has 0 unspecified atom stereocenters. The van der Waals surface area contributed by atoms with Crippen LogP contribution in [0.1, 0.15) is 5.56 Å². The molecule has 106 valence electrons. The van der Waals surface area contributed by atoms with Crippen molar-refractivity contribution in [2.75, 3.05) is 29.4 Å². The van der Waals surface area contributed by atoms with Gasteiger partial charge in [-0.1, -0.05) is 0 Å². The van der Waals surface area contributed by atoms with E-state index in [0.717, 1.165) is 17.9 Å². The Morgan fingerprint density at radius 3 is 2.52 bits per heavy atom. The van der Waals surface area contributed by atoms with Gasteiger partial charge in [-0.25, -0.2) is 0 Å². The number of amides is 1. The zero-order chi connectivity index (χ0) is 14.8. The Hall–Kier alpha value is -2.81. The number of anilines is 2. The van der Waals surface area contributed by atoms with Crippen molar-refractivity contribution in [3.63, 3.8) is 0 Å². The van der Waals surface area contributed by atoms with Gasteiger partial charge in [0, 0.05) is 32.0 Å². The third-order valence-electron chi connectivity index (χ3n) is 3.59. The van der Waals surface area contributed by atoms with Gasteiger partial charge in [-0.15, -0.1) is 0 Å². The molecule has 21 heavy (non-hydrogen) atoms. The average Bonchev–Trinajstić information content (AvgIpc) is 2.93. The fourth-order valence-corrected chi connectivity index (χ4v) is 2.46. The van der Waals surface area contributed by atoms with Gasteiger partial charge < -0.3 is 9.80 Å². The van der Waals surface area contributed by atoms with Gasteiger partial charge in [0.1, 0.15) is 0 Å². The third kappa shape index (κ3) is 2.58. The highest BCUT2D eigenvalue weighted by Crippen LogP contribution is 2.21. The SMILES string of the molecule is Cn1cc(N2CCN(c3ccc(C#N)cc3)CC2=O)cn1. The lowest BCUT2D eigenvalue weighted by Gasteiger charge is -2.34. The molecule has 1 aromatic heterocycles. The molecule has 1 saturated heterocycles. The Kier molecular flexibility index (Phi) is 3.32. The van der Waals surface area contributed by atoms with E-state index in [1.54, 1.807) is 27.9 Å². The number of aryl methyl sites for hydroxylation is 1. The predicted octanol–water partition coefficient (Wildman–Crippen LogP) is 1.14. The van der Waals surface area contributed by atoms with E-state index in [-0.39, 0.29) is 5.91 Å². The van der Waals surface area contributed by atoms with Crippen LogP contribution in [0.3, 0.4) is 0 Å². The molecule has 6 nitrogen and oxygen atoms in total. The first-order chi connectivity index (χ1) is 10.2. The highest BCUT2D eigenvalue weighted by molar-refractivity contribution is 5.97. The molecule has 1 fully saturated rings. The summed E-state index contributed by atoms with van der Waals surface area (Å²) in [6.07, 6.45) is 3.55. The summed E-state index contributed by atoms with van der Waals surface area (Å²) in [4.78, 5) is 16.1. The van der Waals surface area contributed by atoms with Crippen LogP contribution in [-0.4, -0.2) is 35.3 Å². The van der Waals surface area contributed by atoms with Crippen molar-refractivity contribution in [3.8, 4) is 6.07 Å². The molecule has 2 aromatic rings. The molecule has 1 aromatic carbocycles. The third-order valence-corrected chi connectivity index (χ3v) is 3.59. The molecule has 0 bridgehead atoms. The topological polar surface area (TPSA) is 65.2 Å². The number of carbonyl (C=O) groups is 1. The molecule has 0 atom stereocenters. The van der Waals surface area contributed by atoms with Gasteiger partial charge in [0.2, 0.25) is 5.91 Å². The molecule has 3 rings (SSSR count). The molecule has 0 saturated carbocycles. The van der Waals surface area contributed by atoms with Crippen molar-refractivity contribution in [2.24, 2.45) is 7.05 Å². The van der Waals surface area contributed by atoms with E-state index in [1.807, 2.05) is 30.3 Å². The maximum absolute atomic E-state index is 12.3. The number of rotatable bonds is 2. The number of hydrogen-bond donors (Lipinski definition) is 0. The van der Waals surface area contributed by atoms with Crippen molar-refractivity contribution in [1.29, 1.82) is 5.26 Å². The molecular formula is C15H15N5O. The standard InChI is InChI=1S/C15H15N5O/c1-18-10-14(9-17-18)20-7-6-19(11-15(20)21)13-4-2-12(8-16)3-5-13/h2-5,9-10H,6-7,11H2,1H3. The molecule has 0 aliphatic carbocycles. The number of hydrogen-bond acceptors (Lipinski definition) is 4. The summed E-state index contributed by atoms with van der Waals surface area (Å²) in [5, 5.41) is 12.9. The fourth-order valence-electron chi connectivity index (χ4n) is 2.46. The number of nitrogens with zero attached hydrogens (tertiary/aromatic N) is 5. The van der Waals surface area contributed by atoms with Crippen LogP contribution in [-0.2, 0) is 11.8 Å². The van der Waals surface area contributed by atoms with E-state index in [4.69, 9.17) is 5.26 Å². The highest BCUT2D eigenvalue weighted by Gasteiger charge is 2.25. The number of benzene rings is 1. The second-order valence-corrected chi connectivity index (χ2v) is 5.00. The molecule has 1 aliphatic rings. The average molecular weight is 281 g/mol. The molecule has 2 heterocycles. The monoisotopic (exact) mass is 281 g/mol. The van der Waals surface area contributed by atoms with E-state index in [2.05, 4.69) is 11.2 Å². The van der Waals surface area contributed by atoms with Crippen LogP contribution < -0.4 is 9.80 Å². The Balaban J connectivity index is 1.73. The van der Waals surface area contributed by atoms with Crippen molar-refractivity contribution in [1.82, 2.24) is 9.78 Å². The summed E-state index contributed by atoms with van der Waals surface area (Å²) in [6.45, 7) is 1.72. The van der Waals surface area contributed by atoms with E-state index in [9.17, 15) is 4.79 Å². The second kappa shape index (κ2) is 5.29. The molecule has 6 heteroatoms. The number of carbonyl (C=O) groups excluding carboxylic acids is 1. The summed E-state index contributed by atoms with van der Waals surface area (Å²) in [6, 6.07) is 9.40. The van der Waals surface area contributed by atoms with Crippen molar-refractivity contribution < 1.29 is 4.79 Å². The minimum Gasteiger partial charge on any atom is -0.360 e. The summed E-state index contributed by atoms with van der Waals surface area (Å²) >= 11 is 0. The Morgan fingerprint density at radius 1 is 1.19 bits per heavy atom. The van der Waals surface area contributed by atoms with E-state index in [0.29, 0.717) is 18.7 Å². The molecule has 0 spiro atoms. The number of piperazine rings is 1. The molecular weight excluding hydrogens is 266 g/mol. The van der Waals surface area contributed by atoms with Gasteiger partial charge in [-0.3, -0.25) is 9.48 Å². The molecule has 1 aliphatic heterocycles. The minimum atomic E-state index is 0.0543. The van der Waals surface area contributed by atoms with E-state index >= 15 is 0 Å². The largest absolute Gasteiger partial charge is 0.360 e. The first-order valence-electron chi connectivity index (χ1n) is 6.71. The van der Waals surface area contributed by atoms with Crippen LogP contribution in [0.5, 0.6) is 0 Å². The second-order valence-electron chi connectivity index (χ2n) is 5.00. The fraction of sp³-hybridized carbons (Fsp3) is 0.267. The van der Waals surface area contributed by atoms with Crippen LogP contribution in [0, 0.1) is 11.3 Å². The number of nitriles is 1. The maximum Gasteiger partial charge on any atom is 0.246 e. The zero-order valence-electron chi connectivity index (χ0n) is 11.7. The van der Waals surface area contributed by atoms with E-state index in [1.165, 1.54) is 0 Å². The first kappa shape index (κ1) is 13.2. The van der Waals surface area contributed by atoms with Gasteiger partial charge in [0.05, 0.1) is 30.1 Å². The van der Waals surface area contributed by atoms with Crippen LogP contribution in [0.4, 0.5) is 11.4 Å². The summed E-state index contributed by atoms with van der Waals surface area (Å²) in [7, 11) is 1.83. The lowest BCUT2D eigenvalue weighted by Crippen LogP contribution is -2.50. The predicted molar refractivity (Wildman–Crippen MR) is 78.9 cm³/mol. The van der Waals surface area contributed by atoms with Crippen LogP contribution >= 0.6 is 0 Å². The number of aromatic nitrogens is 2. The van der Waals surface area contributed by atoms with E-state index < -0.39 is 0 Å². The van der Waals surface area contributed by atoms with Crippen molar-refractivity contribution in [3.05, 3.63) is 42.2 Å². The van der Waals surface area contributed by atoms with Crippen LogP contribution in [0.25, 0.3) is 0 Å². The van der Waals surface area contributed by atoms with Crippen molar-refractivity contribution in [2.45, 2.75) is 0 Å². The maximum atomic E-state index is 12.3. The Morgan fingerprint density at radius 2 is 1.95 bits per heavy atom. The summed E-state index contributed by atoms with van der Waals surface area (Å²) < 4.78 is 1.69. The first-order valence-corrected chi connectivity index (χ1v) is 6.71. The smallest absolute Gasteiger partial charge is 0.246 e. The summed E-state index contributed by atoms with van der Waals surface area (Å²) in [5.74, 6) is 0.0543. The zero-order valence-corrected chi connectivity index (χ0v) is 11.7. The van der Waals surface area contributed by atoms with Crippen molar-refractivity contribution >= 4 is 17.3 Å².